The zero-order valence-corrected chi connectivity index (χ0v) is 6.62. The van der Waals surface area contributed by atoms with Crippen LogP contribution in [0.1, 0.15) is 6.92 Å². The topological polar surface area (TPSA) is 49.8 Å². The van der Waals surface area contributed by atoms with E-state index < -0.39 is 6.09 Å². The van der Waals surface area contributed by atoms with E-state index in [4.69, 9.17) is 5.11 Å². The molecule has 4 nitrogen and oxygen atoms in total. The lowest BCUT2D eigenvalue weighted by Crippen LogP contribution is -2.28. The highest BCUT2D eigenvalue weighted by Gasteiger charge is 2.08. The molecule has 0 unspecified atom stereocenters. The maximum Gasteiger partial charge on any atom is 0.413 e. The number of hydrogen-bond acceptors (Lipinski definition) is 3. The van der Waals surface area contributed by atoms with Gasteiger partial charge in [0.25, 0.3) is 0 Å². The van der Waals surface area contributed by atoms with Crippen LogP contribution in [0.4, 0.5) is 4.79 Å². The van der Waals surface area contributed by atoms with Crippen molar-refractivity contribution in [2.75, 3.05) is 19.8 Å². The highest BCUT2D eigenvalue weighted by atomic mass is 16.6. The molecule has 1 amide bonds. The predicted molar refractivity (Wildman–Crippen MR) is 41.0 cm³/mol. The van der Waals surface area contributed by atoms with Crippen molar-refractivity contribution < 1.29 is 14.6 Å². The molecule has 0 radical (unpaired) electrons. The maximum atomic E-state index is 10.9. The molecule has 0 aliphatic rings. The molecular weight excluding hydrogens is 146 g/mol. The van der Waals surface area contributed by atoms with Gasteiger partial charge in [-0.25, -0.2) is 4.79 Å². The lowest BCUT2D eigenvalue weighted by Gasteiger charge is -2.14. The fourth-order valence-electron chi connectivity index (χ4n) is 0.571. The number of aliphatic hydroxyl groups is 1. The molecule has 0 aliphatic carbocycles. The summed E-state index contributed by atoms with van der Waals surface area (Å²) in [6.45, 7) is 5.58. The number of amides is 1. The average Bonchev–Trinajstić information content (AvgIpc) is 2.00. The minimum atomic E-state index is -0.475. The first-order valence-corrected chi connectivity index (χ1v) is 3.43. The van der Waals surface area contributed by atoms with E-state index in [-0.39, 0.29) is 13.2 Å². The number of carbonyl (C=O) groups is 1. The summed E-state index contributed by atoms with van der Waals surface area (Å²) in [5.74, 6) is 0. The monoisotopic (exact) mass is 159 g/mol. The molecule has 0 saturated carbocycles. The number of nitrogens with zero attached hydrogens (tertiary/aromatic N) is 1. The number of hydrogen-bond donors (Lipinski definition) is 1. The zero-order valence-electron chi connectivity index (χ0n) is 6.62. The van der Waals surface area contributed by atoms with Crippen LogP contribution in [0.15, 0.2) is 12.8 Å². The Morgan fingerprint density at radius 1 is 1.82 bits per heavy atom. The average molecular weight is 159 g/mol. The van der Waals surface area contributed by atoms with E-state index in [2.05, 4.69) is 11.3 Å². The van der Waals surface area contributed by atoms with Crippen molar-refractivity contribution >= 4 is 6.09 Å². The number of carbonyl (C=O) groups excluding carboxylic acids is 1. The van der Waals surface area contributed by atoms with Crippen molar-refractivity contribution in [1.29, 1.82) is 0 Å². The number of rotatable bonds is 4. The van der Waals surface area contributed by atoms with Crippen LogP contribution < -0.4 is 0 Å². The van der Waals surface area contributed by atoms with Gasteiger partial charge in [0, 0.05) is 6.20 Å². The summed E-state index contributed by atoms with van der Waals surface area (Å²) in [4.78, 5) is 12.1. The van der Waals surface area contributed by atoms with Gasteiger partial charge in [-0.2, -0.15) is 0 Å². The number of aliphatic hydroxyl groups excluding tert-OH is 1. The van der Waals surface area contributed by atoms with E-state index in [1.54, 1.807) is 6.92 Å². The van der Waals surface area contributed by atoms with Crippen molar-refractivity contribution in [3.8, 4) is 0 Å². The van der Waals surface area contributed by atoms with E-state index in [1.807, 2.05) is 0 Å². The largest absolute Gasteiger partial charge is 0.449 e. The Kier molecular flexibility index (Phi) is 5.20. The summed E-state index contributed by atoms with van der Waals surface area (Å²) in [7, 11) is 0. The molecule has 64 valence electrons. The SMILES string of the molecule is C=CN(CCO)C(=O)OCC. The highest BCUT2D eigenvalue weighted by Crippen LogP contribution is 1.92. The van der Waals surface area contributed by atoms with Crippen molar-refractivity contribution in [3.05, 3.63) is 12.8 Å². The molecular formula is C7H13NO3. The van der Waals surface area contributed by atoms with Crippen molar-refractivity contribution in [2.45, 2.75) is 6.92 Å². The summed E-state index contributed by atoms with van der Waals surface area (Å²) < 4.78 is 4.65. The minimum absolute atomic E-state index is 0.0924. The van der Waals surface area contributed by atoms with Gasteiger partial charge in [0.05, 0.1) is 19.8 Å². The molecule has 0 heterocycles. The molecule has 0 aromatic rings. The van der Waals surface area contributed by atoms with E-state index >= 15 is 0 Å². The Bertz CT molecular complexity index is 136. The van der Waals surface area contributed by atoms with Gasteiger partial charge >= 0.3 is 6.09 Å². The Balaban J connectivity index is 3.81. The van der Waals surface area contributed by atoms with E-state index in [9.17, 15) is 4.79 Å². The van der Waals surface area contributed by atoms with Crippen LogP contribution in [-0.4, -0.2) is 35.9 Å². The normalized spacial score (nSPS) is 8.91. The van der Waals surface area contributed by atoms with Crippen molar-refractivity contribution in [2.24, 2.45) is 0 Å². The first-order valence-electron chi connectivity index (χ1n) is 3.43. The Morgan fingerprint density at radius 2 is 2.45 bits per heavy atom. The summed E-state index contributed by atoms with van der Waals surface area (Å²) >= 11 is 0. The molecule has 0 atom stereocenters. The van der Waals surface area contributed by atoms with Crippen LogP contribution >= 0.6 is 0 Å². The van der Waals surface area contributed by atoms with E-state index in [0.29, 0.717) is 6.61 Å². The summed E-state index contributed by atoms with van der Waals surface area (Å²) in [5.41, 5.74) is 0. The summed E-state index contributed by atoms with van der Waals surface area (Å²) in [5, 5.41) is 8.49. The molecule has 11 heavy (non-hydrogen) atoms. The molecule has 1 N–H and O–H groups in total. The second-order valence-corrected chi connectivity index (χ2v) is 1.80. The van der Waals surface area contributed by atoms with Gasteiger partial charge < -0.3 is 9.84 Å². The molecule has 4 heteroatoms. The molecule has 0 aromatic carbocycles. The van der Waals surface area contributed by atoms with Crippen LogP contribution in [0, 0.1) is 0 Å². The quantitative estimate of drug-likeness (QED) is 0.652. The summed E-state index contributed by atoms with van der Waals surface area (Å²) in [6.07, 6.45) is 0.852. The first-order chi connectivity index (χ1) is 5.26. The van der Waals surface area contributed by atoms with Gasteiger partial charge in [-0.3, -0.25) is 4.90 Å². The third-order valence-electron chi connectivity index (χ3n) is 1.06. The third kappa shape index (κ3) is 3.62. The fourth-order valence-corrected chi connectivity index (χ4v) is 0.571. The fraction of sp³-hybridized carbons (Fsp3) is 0.571. The van der Waals surface area contributed by atoms with Crippen LogP contribution in [0.5, 0.6) is 0 Å². The zero-order chi connectivity index (χ0) is 8.69. The number of ether oxygens (including phenoxy) is 1. The molecule has 0 rings (SSSR count). The van der Waals surface area contributed by atoms with E-state index in [0.717, 1.165) is 0 Å². The van der Waals surface area contributed by atoms with Gasteiger partial charge in [0.1, 0.15) is 0 Å². The minimum Gasteiger partial charge on any atom is -0.449 e. The van der Waals surface area contributed by atoms with Crippen molar-refractivity contribution in [3.63, 3.8) is 0 Å². The van der Waals surface area contributed by atoms with Crippen LogP contribution in [-0.2, 0) is 4.74 Å². The van der Waals surface area contributed by atoms with Gasteiger partial charge in [-0.05, 0) is 6.92 Å². The van der Waals surface area contributed by atoms with Crippen LogP contribution in [0.25, 0.3) is 0 Å². The smallest absolute Gasteiger partial charge is 0.413 e. The van der Waals surface area contributed by atoms with Gasteiger partial charge in [0.15, 0.2) is 0 Å². The van der Waals surface area contributed by atoms with Gasteiger partial charge in [-0.1, -0.05) is 6.58 Å². The predicted octanol–water partition coefficient (Wildman–Crippen LogP) is 0.581. The Morgan fingerprint density at radius 3 is 2.82 bits per heavy atom. The second-order valence-electron chi connectivity index (χ2n) is 1.80. The third-order valence-corrected chi connectivity index (χ3v) is 1.06. The molecule has 0 bridgehead atoms. The maximum absolute atomic E-state index is 10.9. The first kappa shape index (κ1) is 9.97. The lowest BCUT2D eigenvalue weighted by atomic mass is 10.6. The molecule has 0 fully saturated rings. The van der Waals surface area contributed by atoms with Crippen LogP contribution in [0.3, 0.4) is 0 Å². The van der Waals surface area contributed by atoms with E-state index in [1.165, 1.54) is 11.1 Å². The molecule has 0 aromatic heterocycles. The molecule has 0 aliphatic heterocycles. The second kappa shape index (κ2) is 5.73. The molecule has 0 spiro atoms. The Labute approximate surface area is 66.1 Å². The highest BCUT2D eigenvalue weighted by molar-refractivity contribution is 5.68. The lowest BCUT2D eigenvalue weighted by molar-refractivity contribution is 0.115. The standard InChI is InChI=1S/C7H13NO3/c1-3-8(5-6-9)7(10)11-4-2/h3,9H,1,4-6H2,2H3. The van der Waals surface area contributed by atoms with Crippen LogP contribution in [0.2, 0.25) is 0 Å². The summed E-state index contributed by atoms with van der Waals surface area (Å²) in [6, 6.07) is 0. The van der Waals surface area contributed by atoms with Crippen molar-refractivity contribution in [1.82, 2.24) is 4.90 Å². The molecule has 0 saturated heterocycles. The van der Waals surface area contributed by atoms with Gasteiger partial charge in [-0.15, -0.1) is 0 Å². The Hall–Kier alpha value is -1.03. The van der Waals surface area contributed by atoms with Gasteiger partial charge in [0.2, 0.25) is 0 Å².